The summed E-state index contributed by atoms with van der Waals surface area (Å²) < 4.78 is 9.35. The average molecular weight is 385 g/mol. The Hall–Kier alpha value is -1.06. The maximum absolute atomic E-state index is 11.6. The van der Waals surface area contributed by atoms with Crippen molar-refractivity contribution in [3.8, 4) is 0 Å². The SMILES string of the molecule is CCCCCCCCCCCCCCCCCCC(C(=O)OC)C(=O)OC. The monoisotopic (exact) mass is 384 g/mol. The summed E-state index contributed by atoms with van der Waals surface area (Å²) in [6.07, 6.45) is 21.5. The maximum Gasteiger partial charge on any atom is 0.320 e. The molecule has 0 aromatic heterocycles. The van der Waals surface area contributed by atoms with Gasteiger partial charge in [0.15, 0.2) is 5.92 Å². The Morgan fingerprint density at radius 1 is 0.556 bits per heavy atom. The van der Waals surface area contributed by atoms with Gasteiger partial charge in [-0.1, -0.05) is 110 Å². The highest BCUT2D eigenvalue weighted by atomic mass is 16.5. The van der Waals surface area contributed by atoms with Gasteiger partial charge in [0.2, 0.25) is 0 Å². The Balaban J connectivity index is 3.37. The molecule has 0 N–H and O–H groups in total. The normalized spacial score (nSPS) is 11.0. The molecule has 27 heavy (non-hydrogen) atoms. The van der Waals surface area contributed by atoms with Crippen molar-refractivity contribution < 1.29 is 19.1 Å². The lowest BCUT2D eigenvalue weighted by molar-refractivity contribution is -0.159. The number of carbonyl (C=O) groups excluding carboxylic acids is 2. The molecule has 0 radical (unpaired) electrons. The fourth-order valence-electron chi connectivity index (χ4n) is 3.51. The molecule has 4 nitrogen and oxygen atoms in total. The van der Waals surface area contributed by atoms with Crippen LogP contribution in [-0.4, -0.2) is 26.2 Å². The molecule has 4 heteroatoms. The molecule has 0 bridgehead atoms. The van der Waals surface area contributed by atoms with Gasteiger partial charge in [-0.2, -0.15) is 0 Å². The topological polar surface area (TPSA) is 52.6 Å². The molecule has 0 aromatic rings. The Kier molecular flexibility index (Phi) is 18.9. The molecule has 160 valence electrons. The Morgan fingerprint density at radius 2 is 0.852 bits per heavy atom. The molecule has 0 heterocycles. The maximum atomic E-state index is 11.6. The lowest BCUT2D eigenvalue weighted by atomic mass is 9.99. The number of hydrogen-bond donors (Lipinski definition) is 0. The lowest BCUT2D eigenvalue weighted by Crippen LogP contribution is -2.26. The van der Waals surface area contributed by atoms with Gasteiger partial charge >= 0.3 is 11.9 Å². The van der Waals surface area contributed by atoms with Crippen LogP contribution < -0.4 is 0 Å². The summed E-state index contributed by atoms with van der Waals surface area (Å²) in [4.78, 5) is 23.2. The van der Waals surface area contributed by atoms with Crippen LogP contribution in [0.3, 0.4) is 0 Å². The van der Waals surface area contributed by atoms with E-state index in [0.29, 0.717) is 6.42 Å². The van der Waals surface area contributed by atoms with Crippen LogP contribution in [0.2, 0.25) is 0 Å². The molecule has 0 spiro atoms. The standard InChI is InChI=1S/C23H44O4/c1-4-5-6-7-8-9-10-11-12-13-14-15-16-17-18-19-20-21(22(24)26-2)23(25)27-3/h21H,4-20H2,1-3H3. The van der Waals surface area contributed by atoms with Gasteiger partial charge in [0, 0.05) is 0 Å². The van der Waals surface area contributed by atoms with E-state index in [1.165, 1.54) is 104 Å². The number of esters is 2. The van der Waals surface area contributed by atoms with Crippen molar-refractivity contribution in [3.63, 3.8) is 0 Å². The minimum atomic E-state index is -0.758. The van der Waals surface area contributed by atoms with Crippen molar-refractivity contribution in [2.45, 2.75) is 116 Å². The van der Waals surface area contributed by atoms with Gasteiger partial charge in [0.05, 0.1) is 14.2 Å². The minimum absolute atomic E-state index is 0.484. The molecule has 0 rings (SSSR count). The van der Waals surface area contributed by atoms with E-state index >= 15 is 0 Å². The van der Waals surface area contributed by atoms with Crippen LogP contribution in [0.4, 0.5) is 0 Å². The third-order valence-corrected chi connectivity index (χ3v) is 5.32. The van der Waals surface area contributed by atoms with E-state index in [2.05, 4.69) is 16.4 Å². The van der Waals surface area contributed by atoms with Crippen LogP contribution in [0.25, 0.3) is 0 Å². The molecule has 0 unspecified atom stereocenters. The van der Waals surface area contributed by atoms with E-state index < -0.39 is 17.9 Å². The number of methoxy groups -OCH3 is 2. The molecule has 0 atom stereocenters. The molecule has 0 amide bonds. The summed E-state index contributed by atoms with van der Waals surface area (Å²) in [6.45, 7) is 2.27. The first-order valence-electron chi connectivity index (χ1n) is 11.3. The second kappa shape index (κ2) is 19.7. The summed E-state index contributed by atoms with van der Waals surface area (Å²) in [6, 6.07) is 0. The van der Waals surface area contributed by atoms with Crippen LogP contribution in [-0.2, 0) is 19.1 Å². The number of carbonyl (C=O) groups is 2. The van der Waals surface area contributed by atoms with Crippen molar-refractivity contribution in [1.29, 1.82) is 0 Å². The predicted octanol–water partition coefficient (Wildman–Crippen LogP) is 6.60. The molecule has 0 aliphatic carbocycles. The quantitative estimate of drug-likeness (QED) is 0.143. The molecule has 0 aromatic carbocycles. The lowest BCUT2D eigenvalue weighted by Gasteiger charge is -2.11. The summed E-state index contributed by atoms with van der Waals surface area (Å²) in [7, 11) is 2.62. The zero-order valence-electron chi connectivity index (χ0n) is 18.2. The average Bonchev–Trinajstić information content (AvgIpc) is 2.69. The first-order chi connectivity index (χ1) is 13.2. The van der Waals surface area contributed by atoms with Crippen LogP contribution in [0.5, 0.6) is 0 Å². The second-order valence-corrected chi connectivity index (χ2v) is 7.69. The van der Waals surface area contributed by atoms with Gasteiger partial charge in [0.1, 0.15) is 0 Å². The minimum Gasteiger partial charge on any atom is -0.468 e. The summed E-state index contributed by atoms with van der Waals surface area (Å²) in [5.41, 5.74) is 0. The number of ether oxygens (including phenoxy) is 2. The molecule has 0 saturated carbocycles. The van der Waals surface area contributed by atoms with E-state index in [4.69, 9.17) is 0 Å². The van der Waals surface area contributed by atoms with E-state index in [1.807, 2.05) is 0 Å². The van der Waals surface area contributed by atoms with Crippen LogP contribution >= 0.6 is 0 Å². The third kappa shape index (κ3) is 15.7. The highest BCUT2D eigenvalue weighted by molar-refractivity contribution is 5.94. The number of rotatable bonds is 19. The zero-order chi connectivity index (χ0) is 20.2. The van der Waals surface area contributed by atoms with Gasteiger partial charge in [-0.25, -0.2) is 0 Å². The fourth-order valence-corrected chi connectivity index (χ4v) is 3.51. The van der Waals surface area contributed by atoms with Gasteiger partial charge in [0.25, 0.3) is 0 Å². The molecular weight excluding hydrogens is 340 g/mol. The van der Waals surface area contributed by atoms with E-state index in [0.717, 1.165) is 12.8 Å². The van der Waals surface area contributed by atoms with Crippen molar-refractivity contribution in [2.24, 2.45) is 5.92 Å². The van der Waals surface area contributed by atoms with Crippen molar-refractivity contribution in [3.05, 3.63) is 0 Å². The van der Waals surface area contributed by atoms with Crippen LogP contribution in [0, 0.1) is 5.92 Å². The zero-order valence-corrected chi connectivity index (χ0v) is 18.2. The van der Waals surface area contributed by atoms with Crippen LogP contribution in [0.15, 0.2) is 0 Å². The van der Waals surface area contributed by atoms with E-state index in [-0.39, 0.29) is 0 Å². The van der Waals surface area contributed by atoms with Gasteiger partial charge in [-0.05, 0) is 6.42 Å². The van der Waals surface area contributed by atoms with Gasteiger partial charge < -0.3 is 9.47 Å². The van der Waals surface area contributed by atoms with Gasteiger partial charge in [-0.3, -0.25) is 9.59 Å². The fraction of sp³-hybridized carbons (Fsp3) is 0.913. The predicted molar refractivity (Wildman–Crippen MR) is 112 cm³/mol. The molecule has 0 aliphatic rings. The first kappa shape index (κ1) is 25.9. The smallest absolute Gasteiger partial charge is 0.320 e. The van der Waals surface area contributed by atoms with E-state index in [9.17, 15) is 9.59 Å². The number of unbranched alkanes of at least 4 members (excludes halogenated alkanes) is 15. The van der Waals surface area contributed by atoms with Gasteiger partial charge in [-0.15, -0.1) is 0 Å². The summed E-state index contributed by atoms with van der Waals surface area (Å²) in [5.74, 6) is -1.72. The largest absolute Gasteiger partial charge is 0.468 e. The van der Waals surface area contributed by atoms with Crippen molar-refractivity contribution in [1.82, 2.24) is 0 Å². The Bertz CT molecular complexity index is 338. The molecule has 0 aliphatic heterocycles. The van der Waals surface area contributed by atoms with Crippen molar-refractivity contribution >= 4 is 11.9 Å². The van der Waals surface area contributed by atoms with Crippen LogP contribution in [0.1, 0.15) is 116 Å². The highest BCUT2D eigenvalue weighted by Gasteiger charge is 2.27. The number of hydrogen-bond acceptors (Lipinski definition) is 4. The summed E-state index contributed by atoms with van der Waals surface area (Å²) in [5, 5.41) is 0. The van der Waals surface area contributed by atoms with E-state index in [1.54, 1.807) is 0 Å². The summed E-state index contributed by atoms with van der Waals surface area (Å²) >= 11 is 0. The first-order valence-corrected chi connectivity index (χ1v) is 11.3. The molecule has 0 saturated heterocycles. The third-order valence-electron chi connectivity index (χ3n) is 5.32. The highest BCUT2D eigenvalue weighted by Crippen LogP contribution is 2.16. The van der Waals surface area contributed by atoms with Crippen molar-refractivity contribution in [2.75, 3.05) is 14.2 Å². The molecule has 0 fully saturated rings. The second-order valence-electron chi connectivity index (χ2n) is 7.69. The molecular formula is C23H44O4. The Morgan fingerprint density at radius 3 is 1.15 bits per heavy atom. The Labute approximate surface area is 167 Å².